The van der Waals surface area contributed by atoms with Gasteiger partial charge in [0.05, 0.1) is 16.9 Å². The largest absolute Gasteiger partial charge is 0.356 e. The van der Waals surface area contributed by atoms with Gasteiger partial charge in [0.1, 0.15) is 11.5 Å². The molecule has 1 aliphatic rings. The molecule has 0 aromatic carbocycles. The fraction of sp³-hybridized carbons (Fsp3) is 0.333. The third-order valence-corrected chi connectivity index (χ3v) is 3.94. The number of anilines is 2. The number of carbonyl (C=O) groups excluding carboxylic acids is 1. The van der Waals surface area contributed by atoms with Crippen molar-refractivity contribution in [1.82, 2.24) is 14.9 Å². The first-order valence-corrected chi connectivity index (χ1v) is 7.54. The Labute approximate surface area is 134 Å². The van der Waals surface area contributed by atoms with Gasteiger partial charge < -0.3 is 20.1 Å². The minimum Gasteiger partial charge on any atom is -0.356 e. The Morgan fingerprint density at radius 3 is 2.68 bits per heavy atom. The lowest BCUT2D eigenvalue weighted by Gasteiger charge is -2.33. The molecule has 0 unspecified atom stereocenters. The first-order chi connectivity index (χ1) is 10.6. The molecule has 2 N–H and O–H groups in total. The zero-order valence-corrected chi connectivity index (χ0v) is 13.1. The highest BCUT2D eigenvalue weighted by Crippen LogP contribution is 2.17. The molecule has 3 rings (SSSR count). The predicted molar refractivity (Wildman–Crippen MR) is 87.7 cm³/mol. The molecule has 22 heavy (non-hydrogen) atoms. The number of rotatable bonds is 3. The smallest absolute Gasteiger partial charge is 0.272 e. The molecule has 0 radical (unpaired) electrons. The monoisotopic (exact) mass is 319 g/mol. The number of likely N-dealkylation sites (N-methyl/N-ethyl adjacent to an activating group) is 1. The molecular formula is C15H18ClN5O. The molecule has 0 spiro atoms. The Hall–Kier alpha value is -2.05. The van der Waals surface area contributed by atoms with Gasteiger partial charge in [0.2, 0.25) is 0 Å². The van der Waals surface area contributed by atoms with Crippen LogP contribution in [0, 0.1) is 0 Å². The molecule has 7 heteroatoms. The molecule has 2 aromatic rings. The van der Waals surface area contributed by atoms with Gasteiger partial charge in [-0.15, -0.1) is 0 Å². The van der Waals surface area contributed by atoms with Crippen molar-refractivity contribution >= 4 is 29.0 Å². The fourth-order valence-electron chi connectivity index (χ4n) is 2.38. The van der Waals surface area contributed by atoms with E-state index in [1.807, 2.05) is 12.1 Å². The van der Waals surface area contributed by atoms with E-state index in [0.717, 1.165) is 32.0 Å². The number of pyridine rings is 1. The number of H-pyrrole nitrogens is 1. The molecule has 0 aliphatic carbocycles. The summed E-state index contributed by atoms with van der Waals surface area (Å²) in [5.74, 6) is 0.704. The van der Waals surface area contributed by atoms with Crippen LogP contribution in [-0.4, -0.2) is 54.0 Å². The number of carbonyl (C=O) groups is 1. The Balaban J connectivity index is 1.63. The van der Waals surface area contributed by atoms with Crippen LogP contribution in [0.5, 0.6) is 0 Å². The second-order valence-corrected chi connectivity index (χ2v) is 5.82. The zero-order valence-electron chi connectivity index (χ0n) is 12.3. The molecule has 1 saturated heterocycles. The summed E-state index contributed by atoms with van der Waals surface area (Å²) in [6.07, 6.45) is 3.25. The van der Waals surface area contributed by atoms with E-state index in [2.05, 4.69) is 32.1 Å². The molecule has 1 amide bonds. The Morgan fingerprint density at radius 1 is 1.32 bits per heavy atom. The van der Waals surface area contributed by atoms with Gasteiger partial charge in [-0.1, -0.05) is 11.6 Å². The number of nitrogens with one attached hydrogen (secondary N) is 2. The summed E-state index contributed by atoms with van der Waals surface area (Å²) in [5.41, 5.74) is 1.08. The number of nitrogens with zero attached hydrogens (tertiary/aromatic N) is 3. The number of piperazine rings is 1. The van der Waals surface area contributed by atoms with Crippen LogP contribution in [0.4, 0.5) is 11.5 Å². The summed E-state index contributed by atoms with van der Waals surface area (Å²) in [7, 11) is 2.12. The van der Waals surface area contributed by atoms with Gasteiger partial charge >= 0.3 is 0 Å². The van der Waals surface area contributed by atoms with Crippen molar-refractivity contribution in [2.75, 3.05) is 43.4 Å². The summed E-state index contributed by atoms with van der Waals surface area (Å²) < 4.78 is 0. The van der Waals surface area contributed by atoms with Crippen LogP contribution >= 0.6 is 11.6 Å². The lowest BCUT2D eigenvalue weighted by Crippen LogP contribution is -2.44. The van der Waals surface area contributed by atoms with Crippen molar-refractivity contribution in [3.63, 3.8) is 0 Å². The normalized spacial score (nSPS) is 15.8. The van der Waals surface area contributed by atoms with Crippen molar-refractivity contribution in [2.24, 2.45) is 0 Å². The Kier molecular flexibility index (Phi) is 4.31. The molecule has 1 aliphatic heterocycles. The van der Waals surface area contributed by atoms with E-state index in [4.69, 9.17) is 11.6 Å². The second-order valence-electron chi connectivity index (χ2n) is 5.38. The molecule has 2 aromatic heterocycles. The fourth-order valence-corrected chi connectivity index (χ4v) is 2.54. The molecular weight excluding hydrogens is 302 g/mol. The number of aromatic amines is 1. The number of hydrogen-bond donors (Lipinski definition) is 2. The zero-order chi connectivity index (χ0) is 15.5. The minimum atomic E-state index is -0.235. The standard InChI is InChI=1S/C15H18ClN5O/c1-20-4-6-21(7-5-20)14-3-2-12(10-18-14)19-15(22)13-8-11(16)9-17-13/h2-3,8-10,17H,4-7H2,1H3,(H,19,22). The summed E-state index contributed by atoms with van der Waals surface area (Å²) in [5, 5.41) is 3.30. The van der Waals surface area contributed by atoms with Crippen LogP contribution in [0.2, 0.25) is 5.02 Å². The van der Waals surface area contributed by atoms with Crippen molar-refractivity contribution < 1.29 is 4.79 Å². The molecule has 1 fully saturated rings. The van der Waals surface area contributed by atoms with E-state index >= 15 is 0 Å². The third kappa shape index (κ3) is 3.40. The number of halogens is 1. The first kappa shape index (κ1) is 14.9. The average molecular weight is 320 g/mol. The summed E-state index contributed by atoms with van der Waals surface area (Å²) in [6, 6.07) is 5.38. The maximum absolute atomic E-state index is 12.0. The quantitative estimate of drug-likeness (QED) is 0.909. The number of amides is 1. The van der Waals surface area contributed by atoms with Crippen LogP contribution < -0.4 is 10.2 Å². The van der Waals surface area contributed by atoms with Crippen LogP contribution in [0.15, 0.2) is 30.6 Å². The lowest BCUT2D eigenvalue weighted by molar-refractivity contribution is 0.102. The second kappa shape index (κ2) is 6.37. The van der Waals surface area contributed by atoms with E-state index in [-0.39, 0.29) is 5.91 Å². The predicted octanol–water partition coefficient (Wildman–Crippen LogP) is 2.07. The molecule has 0 saturated carbocycles. The van der Waals surface area contributed by atoms with E-state index in [1.165, 1.54) is 0 Å². The maximum atomic E-state index is 12.0. The van der Waals surface area contributed by atoms with Crippen LogP contribution in [0.3, 0.4) is 0 Å². The first-order valence-electron chi connectivity index (χ1n) is 7.16. The molecule has 116 valence electrons. The van der Waals surface area contributed by atoms with Gasteiger partial charge in [-0.25, -0.2) is 4.98 Å². The van der Waals surface area contributed by atoms with Crippen molar-refractivity contribution in [3.05, 3.63) is 41.3 Å². The Morgan fingerprint density at radius 2 is 2.09 bits per heavy atom. The van der Waals surface area contributed by atoms with Crippen molar-refractivity contribution in [2.45, 2.75) is 0 Å². The van der Waals surface area contributed by atoms with E-state index in [0.29, 0.717) is 16.4 Å². The maximum Gasteiger partial charge on any atom is 0.272 e. The van der Waals surface area contributed by atoms with Gasteiger partial charge in [0.15, 0.2) is 0 Å². The van der Waals surface area contributed by atoms with Gasteiger partial charge in [-0.2, -0.15) is 0 Å². The van der Waals surface area contributed by atoms with Gasteiger partial charge in [0.25, 0.3) is 5.91 Å². The van der Waals surface area contributed by atoms with E-state index in [9.17, 15) is 4.79 Å². The third-order valence-electron chi connectivity index (χ3n) is 3.73. The molecule has 0 atom stereocenters. The molecule has 0 bridgehead atoms. The summed E-state index contributed by atoms with van der Waals surface area (Å²) >= 11 is 5.79. The van der Waals surface area contributed by atoms with Crippen molar-refractivity contribution in [3.8, 4) is 0 Å². The van der Waals surface area contributed by atoms with Gasteiger partial charge in [-0.3, -0.25) is 4.79 Å². The van der Waals surface area contributed by atoms with Crippen LogP contribution in [0.1, 0.15) is 10.5 Å². The lowest BCUT2D eigenvalue weighted by atomic mass is 10.3. The topological polar surface area (TPSA) is 64.3 Å². The van der Waals surface area contributed by atoms with Gasteiger partial charge in [0, 0.05) is 32.4 Å². The number of aromatic nitrogens is 2. The minimum absolute atomic E-state index is 0.235. The molecule has 6 nitrogen and oxygen atoms in total. The highest BCUT2D eigenvalue weighted by atomic mass is 35.5. The summed E-state index contributed by atoms with van der Waals surface area (Å²) in [4.78, 5) is 23.8. The summed E-state index contributed by atoms with van der Waals surface area (Å²) in [6.45, 7) is 4.01. The highest BCUT2D eigenvalue weighted by molar-refractivity contribution is 6.31. The van der Waals surface area contributed by atoms with Gasteiger partial charge in [-0.05, 0) is 25.2 Å². The van der Waals surface area contributed by atoms with E-state index in [1.54, 1.807) is 18.5 Å². The average Bonchev–Trinajstić information content (AvgIpc) is 2.96. The number of hydrogen-bond acceptors (Lipinski definition) is 4. The molecule has 3 heterocycles. The SMILES string of the molecule is CN1CCN(c2ccc(NC(=O)c3cc(Cl)c[nH]3)cn2)CC1. The van der Waals surface area contributed by atoms with Crippen molar-refractivity contribution in [1.29, 1.82) is 0 Å². The van der Waals surface area contributed by atoms with E-state index < -0.39 is 0 Å². The highest BCUT2D eigenvalue weighted by Gasteiger charge is 2.15. The van der Waals surface area contributed by atoms with Crippen LogP contribution in [-0.2, 0) is 0 Å². The Bertz CT molecular complexity index is 646. The van der Waals surface area contributed by atoms with Crippen LogP contribution in [0.25, 0.3) is 0 Å².